The molecule has 112 valence electrons. The van der Waals surface area contributed by atoms with E-state index in [2.05, 4.69) is 0 Å². The molecule has 2 amide bonds. The lowest BCUT2D eigenvalue weighted by atomic mass is 9.76. The van der Waals surface area contributed by atoms with E-state index in [1.165, 1.54) is 4.90 Å². The number of carbonyl (C=O) groups excluding carboxylic acids is 2. The zero-order valence-electron chi connectivity index (χ0n) is 12.1. The van der Waals surface area contributed by atoms with Crippen LogP contribution in [0.15, 0.2) is 0 Å². The summed E-state index contributed by atoms with van der Waals surface area (Å²) < 4.78 is 0. The SMILES string of the molecule is CC(CCCN1C(=O)CC2(CCCC2)CC1=O)C(=O)O. The molecule has 5 nitrogen and oxygen atoms in total. The van der Waals surface area contributed by atoms with Gasteiger partial charge in [0.2, 0.25) is 11.8 Å². The maximum Gasteiger partial charge on any atom is 0.306 e. The Kier molecular flexibility index (Phi) is 4.45. The van der Waals surface area contributed by atoms with E-state index in [1.807, 2.05) is 0 Å². The van der Waals surface area contributed by atoms with E-state index in [9.17, 15) is 14.4 Å². The van der Waals surface area contributed by atoms with Crippen molar-refractivity contribution >= 4 is 17.8 Å². The summed E-state index contributed by atoms with van der Waals surface area (Å²) in [6.45, 7) is 2.01. The molecule has 2 rings (SSSR count). The third-order valence-electron chi connectivity index (χ3n) is 4.76. The Labute approximate surface area is 119 Å². The highest BCUT2D eigenvalue weighted by Gasteiger charge is 2.44. The first-order valence-electron chi connectivity index (χ1n) is 7.50. The monoisotopic (exact) mass is 281 g/mol. The molecule has 1 unspecified atom stereocenters. The van der Waals surface area contributed by atoms with Gasteiger partial charge in [-0.2, -0.15) is 0 Å². The topological polar surface area (TPSA) is 74.7 Å². The highest BCUT2D eigenvalue weighted by molar-refractivity contribution is 5.98. The lowest BCUT2D eigenvalue weighted by Gasteiger charge is -2.37. The van der Waals surface area contributed by atoms with Crippen molar-refractivity contribution in [2.24, 2.45) is 11.3 Å². The molecule has 1 aliphatic heterocycles. The smallest absolute Gasteiger partial charge is 0.306 e. The van der Waals surface area contributed by atoms with Crippen LogP contribution in [0.1, 0.15) is 58.3 Å². The van der Waals surface area contributed by atoms with E-state index >= 15 is 0 Å². The Morgan fingerprint density at radius 1 is 1.25 bits per heavy atom. The van der Waals surface area contributed by atoms with Gasteiger partial charge in [-0.15, -0.1) is 0 Å². The van der Waals surface area contributed by atoms with Crippen LogP contribution in [0.3, 0.4) is 0 Å². The summed E-state index contributed by atoms with van der Waals surface area (Å²) in [4.78, 5) is 36.4. The van der Waals surface area contributed by atoms with Crippen molar-refractivity contribution in [1.82, 2.24) is 4.90 Å². The van der Waals surface area contributed by atoms with Gasteiger partial charge in [-0.25, -0.2) is 0 Å². The van der Waals surface area contributed by atoms with Gasteiger partial charge in [0.15, 0.2) is 0 Å². The summed E-state index contributed by atoms with van der Waals surface area (Å²) in [6, 6.07) is 0. The van der Waals surface area contributed by atoms with Crippen LogP contribution in [0.5, 0.6) is 0 Å². The fraction of sp³-hybridized carbons (Fsp3) is 0.800. The Hall–Kier alpha value is -1.39. The van der Waals surface area contributed by atoms with Gasteiger partial charge in [-0.1, -0.05) is 19.8 Å². The molecular formula is C15H23NO4. The van der Waals surface area contributed by atoms with Crippen LogP contribution in [0, 0.1) is 11.3 Å². The van der Waals surface area contributed by atoms with Crippen LogP contribution in [-0.4, -0.2) is 34.3 Å². The first-order chi connectivity index (χ1) is 9.43. The second-order valence-electron chi connectivity index (χ2n) is 6.38. The van der Waals surface area contributed by atoms with Crippen molar-refractivity contribution < 1.29 is 19.5 Å². The van der Waals surface area contributed by atoms with Gasteiger partial charge in [0.1, 0.15) is 0 Å². The number of rotatable bonds is 5. The molecule has 1 atom stereocenters. The van der Waals surface area contributed by atoms with Crippen molar-refractivity contribution in [1.29, 1.82) is 0 Å². The zero-order chi connectivity index (χ0) is 14.8. The third kappa shape index (κ3) is 3.19. The average Bonchev–Trinajstić information content (AvgIpc) is 2.80. The molecule has 1 aliphatic carbocycles. The Bertz CT molecular complexity index is 392. The minimum Gasteiger partial charge on any atom is -0.481 e. The second kappa shape index (κ2) is 5.94. The van der Waals surface area contributed by atoms with Crippen molar-refractivity contribution in [3.05, 3.63) is 0 Å². The normalized spacial score (nSPS) is 23.4. The molecule has 1 saturated heterocycles. The number of hydrogen-bond donors (Lipinski definition) is 1. The van der Waals surface area contributed by atoms with E-state index in [0.717, 1.165) is 25.7 Å². The van der Waals surface area contributed by atoms with Crippen molar-refractivity contribution in [2.75, 3.05) is 6.54 Å². The lowest BCUT2D eigenvalue weighted by Crippen LogP contribution is -2.47. The van der Waals surface area contributed by atoms with Crippen LogP contribution < -0.4 is 0 Å². The van der Waals surface area contributed by atoms with Crippen LogP contribution in [-0.2, 0) is 14.4 Å². The quantitative estimate of drug-likeness (QED) is 0.784. The number of nitrogens with zero attached hydrogens (tertiary/aromatic N) is 1. The first-order valence-corrected chi connectivity index (χ1v) is 7.50. The number of aliphatic carboxylic acids is 1. The zero-order valence-corrected chi connectivity index (χ0v) is 12.1. The van der Waals surface area contributed by atoms with Gasteiger partial charge < -0.3 is 5.11 Å². The lowest BCUT2D eigenvalue weighted by molar-refractivity contribution is -0.153. The summed E-state index contributed by atoms with van der Waals surface area (Å²) in [5.74, 6) is -1.38. The minimum atomic E-state index is -0.828. The second-order valence-corrected chi connectivity index (χ2v) is 6.38. The fourth-order valence-electron chi connectivity index (χ4n) is 3.44. The molecule has 5 heteroatoms. The first kappa shape index (κ1) is 15.0. The van der Waals surface area contributed by atoms with Crippen LogP contribution in [0.25, 0.3) is 0 Å². The number of imide groups is 1. The molecule has 2 aliphatic rings. The van der Waals surface area contributed by atoms with Crippen molar-refractivity contribution in [2.45, 2.75) is 58.3 Å². The predicted octanol–water partition coefficient (Wildman–Crippen LogP) is 2.20. The molecule has 0 radical (unpaired) electrons. The fourth-order valence-corrected chi connectivity index (χ4v) is 3.44. The van der Waals surface area contributed by atoms with Crippen molar-refractivity contribution in [3.8, 4) is 0 Å². The molecule has 2 fully saturated rings. The number of carbonyl (C=O) groups is 3. The molecule has 0 aromatic rings. The molecule has 1 N–H and O–H groups in total. The molecule has 1 spiro atoms. The van der Waals surface area contributed by atoms with E-state index in [-0.39, 0.29) is 17.2 Å². The molecule has 1 saturated carbocycles. The molecule has 0 aromatic carbocycles. The average molecular weight is 281 g/mol. The Balaban J connectivity index is 1.85. The summed E-state index contributed by atoms with van der Waals surface area (Å²) in [7, 11) is 0. The van der Waals surface area contributed by atoms with Crippen LogP contribution in [0.2, 0.25) is 0 Å². The number of hydrogen-bond acceptors (Lipinski definition) is 3. The number of carboxylic acid groups (broad SMARTS) is 1. The van der Waals surface area contributed by atoms with Gasteiger partial charge >= 0.3 is 5.97 Å². The summed E-state index contributed by atoms with van der Waals surface area (Å²) in [5, 5.41) is 8.81. The molecule has 0 bridgehead atoms. The predicted molar refractivity (Wildman–Crippen MR) is 72.9 cm³/mol. The standard InChI is InChI=1S/C15H23NO4/c1-11(14(19)20)5-4-8-16-12(17)9-15(10-13(16)18)6-2-3-7-15/h11H,2-10H2,1H3,(H,19,20). The van der Waals surface area contributed by atoms with E-state index in [0.29, 0.717) is 32.2 Å². The minimum absolute atomic E-state index is 0.0565. The van der Waals surface area contributed by atoms with Crippen molar-refractivity contribution in [3.63, 3.8) is 0 Å². The molecule has 1 heterocycles. The van der Waals surface area contributed by atoms with Gasteiger partial charge in [-0.05, 0) is 31.1 Å². The largest absolute Gasteiger partial charge is 0.481 e. The molecule has 20 heavy (non-hydrogen) atoms. The Morgan fingerprint density at radius 2 is 1.80 bits per heavy atom. The number of carboxylic acids is 1. The maximum absolute atomic E-state index is 12.2. The highest BCUT2D eigenvalue weighted by Crippen LogP contribution is 2.46. The highest BCUT2D eigenvalue weighted by atomic mass is 16.4. The van der Waals surface area contributed by atoms with E-state index < -0.39 is 11.9 Å². The number of likely N-dealkylation sites (tertiary alicyclic amines) is 1. The number of amides is 2. The van der Waals surface area contributed by atoms with Gasteiger partial charge in [0, 0.05) is 19.4 Å². The Morgan fingerprint density at radius 3 is 2.30 bits per heavy atom. The molecule has 0 aromatic heterocycles. The maximum atomic E-state index is 12.2. The van der Waals surface area contributed by atoms with Gasteiger partial charge in [0.05, 0.1) is 5.92 Å². The summed E-state index contributed by atoms with van der Waals surface area (Å²) in [5.41, 5.74) is -0.0565. The van der Waals surface area contributed by atoms with Crippen LogP contribution >= 0.6 is 0 Å². The van der Waals surface area contributed by atoms with E-state index in [4.69, 9.17) is 5.11 Å². The van der Waals surface area contributed by atoms with Crippen LogP contribution in [0.4, 0.5) is 0 Å². The van der Waals surface area contributed by atoms with Gasteiger partial charge in [0.25, 0.3) is 0 Å². The third-order valence-corrected chi connectivity index (χ3v) is 4.76. The number of piperidine rings is 1. The summed E-state index contributed by atoms with van der Waals surface area (Å²) in [6.07, 6.45) is 6.28. The van der Waals surface area contributed by atoms with E-state index in [1.54, 1.807) is 6.92 Å². The summed E-state index contributed by atoms with van der Waals surface area (Å²) >= 11 is 0. The molecular weight excluding hydrogens is 258 g/mol. The van der Waals surface area contributed by atoms with Gasteiger partial charge in [-0.3, -0.25) is 19.3 Å².